The van der Waals surface area contributed by atoms with Gasteiger partial charge in [0.1, 0.15) is 0 Å². The van der Waals surface area contributed by atoms with E-state index in [1.807, 2.05) is 6.08 Å². The van der Waals surface area contributed by atoms with Gasteiger partial charge < -0.3 is 0 Å². The molecule has 3 rings (SSSR count). The minimum Gasteiger partial charge on any atom is -0.204 e. The number of thioether (sulfide) groups is 1. The summed E-state index contributed by atoms with van der Waals surface area (Å²) in [6.45, 7) is 0. The predicted octanol–water partition coefficient (Wildman–Crippen LogP) is 3.31. The minimum absolute atomic E-state index is 0.219. The highest BCUT2D eigenvalue weighted by Gasteiger charge is 2.27. The Kier molecular flexibility index (Phi) is 2.68. The molecule has 0 radical (unpaired) electrons. The van der Waals surface area contributed by atoms with E-state index < -0.39 is 11.6 Å². The van der Waals surface area contributed by atoms with E-state index in [9.17, 15) is 8.78 Å². The Labute approximate surface area is 103 Å². The monoisotopic (exact) mass is 248 g/mol. The maximum Gasteiger partial charge on any atom is 0.163 e. The van der Waals surface area contributed by atoms with Gasteiger partial charge in [-0.15, -0.1) is 11.8 Å². The first-order valence-electron chi connectivity index (χ1n) is 5.51. The summed E-state index contributed by atoms with van der Waals surface area (Å²) in [6, 6.07) is 2.90. The van der Waals surface area contributed by atoms with Crippen LogP contribution in [-0.2, 0) is 12.2 Å². The van der Waals surface area contributed by atoms with Crippen molar-refractivity contribution in [2.75, 3.05) is 0 Å². The van der Waals surface area contributed by atoms with Crippen LogP contribution in [0.4, 0.5) is 8.78 Å². The molecular formula is C14H10F2S. The van der Waals surface area contributed by atoms with E-state index >= 15 is 0 Å². The van der Waals surface area contributed by atoms with Gasteiger partial charge in [-0.3, -0.25) is 0 Å². The number of benzene rings is 1. The summed E-state index contributed by atoms with van der Waals surface area (Å²) in [4.78, 5) is 0. The van der Waals surface area contributed by atoms with E-state index in [2.05, 4.69) is 17.9 Å². The second-order valence-electron chi connectivity index (χ2n) is 4.23. The second-order valence-corrected chi connectivity index (χ2v) is 5.40. The molecule has 1 aliphatic heterocycles. The van der Waals surface area contributed by atoms with Crippen molar-refractivity contribution in [2.45, 2.75) is 17.4 Å². The van der Waals surface area contributed by atoms with Crippen molar-refractivity contribution < 1.29 is 8.78 Å². The van der Waals surface area contributed by atoms with Crippen molar-refractivity contribution in [2.24, 2.45) is 5.92 Å². The van der Waals surface area contributed by atoms with Crippen LogP contribution in [0.3, 0.4) is 0 Å². The lowest BCUT2D eigenvalue weighted by molar-refractivity contribution is 0.500. The number of hydrogen-bond acceptors (Lipinski definition) is 1. The van der Waals surface area contributed by atoms with Crippen LogP contribution in [0.5, 0.6) is 0 Å². The van der Waals surface area contributed by atoms with Crippen LogP contribution in [0.2, 0.25) is 0 Å². The summed E-state index contributed by atoms with van der Waals surface area (Å²) >= 11 is 1.64. The first-order valence-corrected chi connectivity index (χ1v) is 6.55. The zero-order valence-corrected chi connectivity index (χ0v) is 9.86. The Hall–Kier alpha value is -1.27. The fourth-order valence-electron chi connectivity index (χ4n) is 2.25. The van der Waals surface area contributed by atoms with Gasteiger partial charge in [0.2, 0.25) is 0 Å². The Morgan fingerprint density at radius 1 is 1.29 bits per heavy atom. The summed E-state index contributed by atoms with van der Waals surface area (Å²) in [5.41, 5.74) is 1.41. The van der Waals surface area contributed by atoms with Crippen molar-refractivity contribution in [3.63, 3.8) is 0 Å². The molecule has 1 heterocycles. The lowest BCUT2D eigenvalue weighted by atomic mass is 9.92. The lowest BCUT2D eigenvalue weighted by Gasteiger charge is -2.17. The van der Waals surface area contributed by atoms with E-state index in [0.29, 0.717) is 23.0 Å². The Bertz CT molecular complexity index is 551. The molecular weight excluding hydrogens is 238 g/mol. The average molecular weight is 248 g/mol. The Morgan fingerprint density at radius 3 is 3.06 bits per heavy atom. The molecule has 2 unspecified atom stereocenters. The summed E-state index contributed by atoms with van der Waals surface area (Å²) in [7, 11) is 0. The number of halogens is 2. The van der Waals surface area contributed by atoms with Gasteiger partial charge in [-0.1, -0.05) is 24.0 Å². The third-order valence-corrected chi connectivity index (χ3v) is 4.51. The van der Waals surface area contributed by atoms with Crippen LogP contribution < -0.4 is 0 Å². The number of rotatable bonds is 0. The maximum atomic E-state index is 13.7. The van der Waals surface area contributed by atoms with Crippen LogP contribution in [0.1, 0.15) is 11.1 Å². The molecule has 1 aromatic rings. The molecule has 2 aliphatic rings. The third kappa shape index (κ3) is 1.87. The molecule has 0 N–H and O–H groups in total. The van der Waals surface area contributed by atoms with Crippen molar-refractivity contribution in [3.8, 4) is 11.8 Å². The molecule has 0 saturated heterocycles. The Morgan fingerprint density at radius 2 is 2.18 bits per heavy atom. The first kappa shape index (κ1) is 10.9. The molecule has 3 heteroatoms. The van der Waals surface area contributed by atoms with Gasteiger partial charge in [-0.2, -0.15) is 0 Å². The summed E-state index contributed by atoms with van der Waals surface area (Å²) in [6.07, 6.45) is 4.62. The normalized spacial score (nSPS) is 25.3. The van der Waals surface area contributed by atoms with Gasteiger partial charge in [0.25, 0.3) is 0 Å². The highest BCUT2D eigenvalue weighted by atomic mass is 32.2. The molecule has 1 aromatic carbocycles. The molecule has 1 aliphatic carbocycles. The number of hydrogen-bond donors (Lipinski definition) is 0. The largest absolute Gasteiger partial charge is 0.204 e. The summed E-state index contributed by atoms with van der Waals surface area (Å²) in [5, 5.41) is 0.297. The Balaban J connectivity index is 2.03. The van der Waals surface area contributed by atoms with Crippen LogP contribution in [0.25, 0.3) is 0 Å². The fraction of sp³-hybridized carbons (Fsp3) is 0.286. The second kappa shape index (κ2) is 4.19. The highest BCUT2D eigenvalue weighted by molar-refractivity contribution is 7.99. The average Bonchev–Trinajstić information content (AvgIpc) is 2.53. The number of allylic oxidation sites excluding steroid dienone is 1. The van der Waals surface area contributed by atoms with Crippen LogP contribution in [0.15, 0.2) is 24.3 Å². The quantitative estimate of drug-likeness (QED) is 0.635. The molecule has 0 fully saturated rings. The van der Waals surface area contributed by atoms with E-state index in [1.54, 1.807) is 17.8 Å². The van der Waals surface area contributed by atoms with Crippen LogP contribution >= 0.6 is 11.8 Å². The molecule has 17 heavy (non-hydrogen) atoms. The molecule has 0 aromatic heterocycles. The zero-order chi connectivity index (χ0) is 11.8. The van der Waals surface area contributed by atoms with Gasteiger partial charge in [0.15, 0.2) is 11.6 Å². The number of fused-ring (bicyclic) bond motifs is 2. The van der Waals surface area contributed by atoms with E-state index in [4.69, 9.17) is 0 Å². The van der Waals surface area contributed by atoms with E-state index in [-0.39, 0.29) is 5.92 Å². The van der Waals surface area contributed by atoms with Crippen molar-refractivity contribution in [3.05, 3.63) is 47.0 Å². The standard InChI is InChI=1S/C14H10F2S/c15-12-6-5-9-7-10-3-1-2-4-13(10)17-8-11(9)14(12)16/h2,4-6,10,13H,7-8H2. The van der Waals surface area contributed by atoms with E-state index in [0.717, 1.165) is 5.56 Å². The predicted molar refractivity (Wildman–Crippen MR) is 65.6 cm³/mol. The van der Waals surface area contributed by atoms with Gasteiger partial charge in [0.05, 0.1) is 0 Å². The van der Waals surface area contributed by atoms with Crippen LogP contribution in [-0.4, -0.2) is 5.25 Å². The fourth-order valence-corrected chi connectivity index (χ4v) is 3.51. The maximum absolute atomic E-state index is 13.7. The van der Waals surface area contributed by atoms with Gasteiger partial charge in [-0.05, 0) is 24.1 Å². The first-order chi connectivity index (χ1) is 8.25. The minimum atomic E-state index is -0.754. The molecule has 0 saturated carbocycles. The smallest absolute Gasteiger partial charge is 0.163 e. The highest BCUT2D eigenvalue weighted by Crippen LogP contribution is 2.35. The van der Waals surface area contributed by atoms with Gasteiger partial charge in [-0.25, -0.2) is 8.78 Å². The van der Waals surface area contributed by atoms with Crippen molar-refractivity contribution in [1.82, 2.24) is 0 Å². The zero-order valence-electron chi connectivity index (χ0n) is 9.04. The lowest BCUT2D eigenvalue weighted by Crippen LogP contribution is -2.16. The van der Waals surface area contributed by atoms with Crippen molar-refractivity contribution >= 4 is 11.8 Å². The summed E-state index contributed by atoms with van der Waals surface area (Å²) in [5.74, 6) is 5.41. The van der Waals surface area contributed by atoms with Crippen LogP contribution in [0, 0.1) is 29.4 Å². The van der Waals surface area contributed by atoms with E-state index in [1.165, 1.54) is 6.07 Å². The summed E-state index contributed by atoms with van der Waals surface area (Å²) < 4.78 is 26.9. The SMILES string of the molecule is Fc1ccc2c(c1F)CSC1C=CC#CC1C2. The van der Waals surface area contributed by atoms with Gasteiger partial charge in [0, 0.05) is 22.5 Å². The molecule has 0 bridgehead atoms. The third-order valence-electron chi connectivity index (χ3n) is 3.19. The molecule has 0 nitrogen and oxygen atoms in total. The topological polar surface area (TPSA) is 0 Å². The molecule has 0 spiro atoms. The molecule has 0 amide bonds. The van der Waals surface area contributed by atoms with Gasteiger partial charge >= 0.3 is 0 Å². The molecule has 2 atom stereocenters. The van der Waals surface area contributed by atoms with Crippen molar-refractivity contribution in [1.29, 1.82) is 0 Å². The molecule has 86 valence electrons.